The third-order valence-corrected chi connectivity index (χ3v) is 12.6. The van der Waals surface area contributed by atoms with Gasteiger partial charge in [-0.25, -0.2) is 18.8 Å². The highest BCUT2D eigenvalue weighted by atomic mass is 19.1. The summed E-state index contributed by atoms with van der Waals surface area (Å²) < 4.78 is 63.2. The van der Waals surface area contributed by atoms with E-state index in [9.17, 15) is 29.1 Å². The third-order valence-electron chi connectivity index (χ3n) is 12.6. The van der Waals surface area contributed by atoms with Crippen LogP contribution in [0.25, 0.3) is 0 Å². The SMILES string of the molecule is CC[C@H]1OC(=O)[C@@](C)(F)C(=O)[C@H](C)[C@@H](O[C@@H]2O[C@H](C)C[C@H](N(C)C)[C@H]2O)[C@](C)(OC)C[C@@H](C)C(=O)[C@H](C)[C@H]2N(CCCOC(=O)Nc3ccc4c(c3)OCO4)C(=O)O[C@]12C. The maximum atomic E-state index is 16.9. The number of ketones is 2. The molecule has 18 heteroatoms. The van der Waals surface area contributed by atoms with Gasteiger partial charge in [0, 0.05) is 49.2 Å². The van der Waals surface area contributed by atoms with Crippen molar-refractivity contribution < 1.29 is 71.4 Å². The predicted octanol–water partition coefficient (Wildman–Crippen LogP) is 4.65. The number of aliphatic hydroxyl groups excluding tert-OH is 1. The zero-order valence-corrected chi connectivity index (χ0v) is 36.5. The van der Waals surface area contributed by atoms with Crippen LogP contribution in [0.2, 0.25) is 0 Å². The van der Waals surface area contributed by atoms with Crippen molar-refractivity contribution in [3.8, 4) is 11.5 Å². The molecule has 0 saturated carbocycles. The number of Topliss-reactive ketones (excluding diaryl/α,β-unsaturated/α-hetero) is 2. The summed E-state index contributed by atoms with van der Waals surface area (Å²) in [5.41, 5.74) is -5.99. The third kappa shape index (κ3) is 9.37. The van der Waals surface area contributed by atoms with Gasteiger partial charge >= 0.3 is 18.2 Å². The molecular weight excluding hydrogens is 789 g/mol. The van der Waals surface area contributed by atoms with E-state index in [4.69, 9.17) is 37.9 Å². The van der Waals surface area contributed by atoms with E-state index in [1.54, 1.807) is 60.0 Å². The smallest absolute Gasteiger partial charge is 0.411 e. The van der Waals surface area contributed by atoms with Gasteiger partial charge in [-0.1, -0.05) is 27.7 Å². The number of anilines is 1. The zero-order chi connectivity index (χ0) is 44.5. The van der Waals surface area contributed by atoms with Crippen molar-refractivity contribution in [1.82, 2.24) is 9.80 Å². The number of halogens is 1. The Morgan fingerprint density at radius 2 is 1.73 bits per heavy atom. The number of methoxy groups -OCH3 is 1. The number of cyclic esters (lactones) is 1. The molecule has 2 N–H and O–H groups in total. The fraction of sp³-hybridized carbons (Fsp3) is 0.738. The van der Waals surface area contributed by atoms with Crippen LogP contribution < -0.4 is 14.8 Å². The monoisotopic (exact) mass is 851 g/mol. The van der Waals surface area contributed by atoms with Gasteiger partial charge in [-0.15, -0.1) is 0 Å². The summed E-state index contributed by atoms with van der Waals surface area (Å²) in [5.74, 6) is -5.14. The van der Waals surface area contributed by atoms with Crippen molar-refractivity contribution in [2.24, 2.45) is 17.8 Å². The molecule has 4 aliphatic rings. The lowest BCUT2D eigenvalue weighted by Gasteiger charge is -2.47. The minimum absolute atomic E-state index is 0.0227. The predicted molar refractivity (Wildman–Crippen MR) is 212 cm³/mol. The van der Waals surface area contributed by atoms with Gasteiger partial charge in [-0.05, 0) is 79.6 Å². The van der Waals surface area contributed by atoms with Crippen LogP contribution in [0.1, 0.15) is 81.1 Å². The molecule has 0 radical (unpaired) electrons. The largest absolute Gasteiger partial charge is 0.455 e. The summed E-state index contributed by atoms with van der Waals surface area (Å²) in [6.45, 7) is 12.0. The average molecular weight is 852 g/mol. The Kier molecular flexibility index (Phi) is 14.5. The number of fused-ring (bicyclic) bond motifs is 2. The second kappa shape index (κ2) is 18.5. The van der Waals surface area contributed by atoms with Gasteiger partial charge in [0.05, 0.1) is 30.5 Å². The maximum absolute atomic E-state index is 16.9. The summed E-state index contributed by atoms with van der Waals surface area (Å²) in [6, 6.07) is 3.43. The highest BCUT2D eigenvalue weighted by molar-refractivity contribution is 6.08. The highest BCUT2D eigenvalue weighted by Gasteiger charge is 2.61. The number of nitrogens with one attached hydrogen (secondary N) is 1. The number of rotatable bonds is 10. The number of aliphatic hydroxyl groups is 1. The molecule has 2 amide bonds. The maximum Gasteiger partial charge on any atom is 0.411 e. The molecular formula is C42H62FN3O14. The lowest BCUT2D eigenvalue weighted by Crippen LogP contribution is -2.61. The van der Waals surface area contributed by atoms with Gasteiger partial charge in [0.15, 0.2) is 29.2 Å². The van der Waals surface area contributed by atoms with Crippen molar-refractivity contribution >= 4 is 35.4 Å². The highest BCUT2D eigenvalue weighted by Crippen LogP contribution is 2.44. The van der Waals surface area contributed by atoms with Crippen LogP contribution >= 0.6 is 0 Å². The first-order valence-corrected chi connectivity index (χ1v) is 20.6. The number of likely N-dealkylation sites (N-methyl/N-ethyl adjacent to an activating group) is 1. The first-order valence-electron chi connectivity index (χ1n) is 20.6. The van der Waals surface area contributed by atoms with Gasteiger partial charge in [-0.2, -0.15) is 0 Å². The number of esters is 1. The van der Waals surface area contributed by atoms with Crippen molar-refractivity contribution in [3.05, 3.63) is 18.2 Å². The van der Waals surface area contributed by atoms with Crippen LogP contribution in [0.15, 0.2) is 18.2 Å². The molecule has 336 valence electrons. The minimum Gasteiger partial charge on any atom is -0.455 e. The number of carbonyl (C=O) groups is 5. The van der Waals surface area contributed by atoms with Crippen LogP contribution in [-0.2, 0) is 42.8 Å². The van der Waals surface area contributed by atoms with Crippen LogP contribution in [0.5, 0.6) is 11.5 Å². The van der Waals surface area contributed by atoms with Gasteiger partial charge < -0.3 is 52.8 Å². The normalized spacial score (nSPS) is 37.6. The van der Waals surface area contributed by atoms with Crippen molar-refractivity contribution in [2.75, 3.05) is 46.5 Å². The van der Waals surface area contributed by atoms with Crippen molar-refractivity contribution in [1.29, 1.82) is 0 Å². The lowest BCUT2D eigenvalue weighted by molar-refractivity contribution is -0.295. The first kappa shape index (κ1) is 47.0. The van der Waals surface area contributed by atoms with Crippen molar-refractivity contribution in [3.63, 3.8) is 0 Å². The molecule has 1 aromatic carbocycles. The van der Waals surface area contributed by atoms with Gasteiger partial charge in [0.1, 0.15) is 18.0 Å². The molecule has 0 unspecified atom stereocenters. The fourth-order valence-electron chi connectivity index (χ4n) is 9.24. The van der Waals surface area contributed by atoms with E-state index >= 15 is 4.39 Å². The van der Waals surface area contributed by atoms with Crippen LogP contribution in [0.4, 0.5) is 19.7 Å². The van der Waals surface area contributed by atoms with E-state index in [1.807, 2.05) is 11.8 Å². The van der Waals surface area contributed by atoms with E-state index in [2.05, 4.69) is 5.32 Å². The number of hydrogen-bond acceptors (Lipinski definition) is 15. The molecule has 17 nitrogen and oxygen atoms in total. The number of hydrogen-bond donors (Lipinski definition) is 2. The standard InChI is InChI=1S/C42H62FN3O14/c1-12-30-42(8)33(46(39(52)60-42)16-13-17-54-38(51)44-26-14-15-28-29(19-26)56-21-55-28)24(4)31(47)22(2)20-40(6,53-11)35(25(5)34(49)41(7,43)37(50)58-30)59-36-32(48)27(45(9)10)18-23(3)57-36/h14-15,19,22-25,27,30,32-33,35-36,48H,12-13,16-18,20-21H2,1-11H3,(H,44,51)/t22-,23-,24+,25+,27+,30-,32-,33-,35-,36+,40-,41+,42-/m1/s1. The molecule has 4 heterocycles. The van der Waals surface area contributed by atoms with E-state index in [1.165, 1.54) is 25.9 Å². The Balaban J connectivity index is 1.43. The number of carbonyl (C=O) groups excluding carboxylic acids is 5. The quantitative estimate of drug-likeness (QED) is 0.143. The number of nitrogens with zero attached hydrogens (tertiary/aromatic N) is 2. The Morgan fingerprint density at radius 1 is 1.05 bits per heavy atom. The Hall–Kier alpha value is -4.10. The Bertz CT molecular complexity index is 1760. The minimum atomic E-state index is -3.22. The first-order chi connectivity index (χ1) is 28.1. The van der Waals surface area contributed by atoms with E-state index < -0.39 is 89.2 Å². The van der Waals surface area contributed by atoms with Gasteiger partial charge in [0.25, 0.3) is 5.67 Å². The summed E-state index contributed by atoms with van der Waals surface area (Å²) in [5, 5.41) is 14.0. The molecule has 3 fully saturated rings. The second-order valence-electron chi connectivity index (χ2n) is 17.3. The van der Waals surface area contributed by atoms with Crippen LogP contribution in [0, 0.1) is 17.8 Å². The van der Waals surface area contributed by atoms with Crippen molar-refractivity contribution in [2.45, 2.75) is 141 Å². The van der Waals surface area contributed by atoms with E-state index in [0.717, 1.165) is 6.92 Å². The second-order valence-corrected chi connectivity index (χ2v) is 17.3. The summed E-state index contributed by atoms with van der Waals surface area (Å²) in [6.07, 6.45) is -6.47. The van der Waals surface area contributed by atoms with E-state index in [0.29, 0.717) is 23.6 Å². The number of ether oxygens (including phenoxy) is 8. The molecule has 0 spiro atoms. The lowest BCUT2D eigenvalue weighted by atomic mass is 9.73. The van der Waals surface area contributed by atoms with Crippen LogP contribution in [-0.4, -0.2) is 145 Å². The molecule has 0 aliphatic carbocycles. The Morgan fingerprint density at radius 3 is 2.38 bits per heavy atom. The van der Waals surface area contributed by atoms with E-state index in [-0.39, 0.29) is 57.1 Å². The van der Waals surface area contributed by atoms with Gasteiger partial charge in [-0.3, -0.25) is 14.9 Å². The molecule has 5 rings (SSSR count). The molecule has 3 saturated heterocycles. The van der Waals surface area contributed by atoms with Gasteiger partial charge in [0.2, 0.25) is 6.79 Å². The topological polar surface area (TPSA) is 198 Å². The van der Waals surface area contributed by atoms with Crippen LogP contribution in [0.3, 0.4) is 0 Å². The molecule has 60 heavy (non-hydrogen) atoms. The number of benzene rings is 1. The number of alkyl halides is 1. The molecule has 0 bridgehead atoms. The molecule has 1 aromatic rings. The zero-order valence-electron chi connectivity index (χ0n) is 36.5. The summed E-state index contributed by atoms with van der Waals surface area (Å²) in [4.78, 5) is 72.3. The fourth-order valence-corrected chi connectivity index (χ4v) is 9.24. The molecule has 13 atom stereocenters. The summed E-state index contributed by atoms with van der Waals surface area (Å²) in [7, 11) is 4.98. The molecule has 4 aliphatic heterocycles. The molecule has 0 aromatic heterocycles. The summed E-state index contributed by atoms with van der Waals surface area (Å²) >= 11 is 0. The number of amides is 2. The average Bonchev–Trinajstić information content (AvgIpc) is 3.77. The Labute approximate surface area is 350 Å².